The topological polar surface area (TPSA) is 51.0 Å². The van der Waals surface area contributed by atoms with Gasteiger partial charge in [-0.25, -0.2) is 4.98 Å². The second-order valence-electron chi connectivity index (χ2n) is 10.3. The van der Waals surface area contributed by atoms with Crippen LogP contribution in [-0.4, -0.2) is 51.3 Å². The number of nitrogens with zero attached hydrogens (tertiary/aromatic N) is 4. The molecule has 2 aliphatic rings. The second-order valence-corrected chi connectivity index (χ2v) is 11.7. The lowest BCUT2D eigenvalue weighted by Gasteiger charge is -2.30. The Morgan fingerprint density at radius 3 is 2.54 bits per heavy atom. The van der Waals surface area contributed by atoms with Gasteiger partial charge in [0.05, 0.1) is 11.2 Å². The first-order chi connectivity index (χ1) is 16.7. The number of ketones is 1. The van der Waals surface area contributed by atoms with Crippen LogP contribution in [0.2, 0.25) is 0 Å². The minimum absolute atomic E-state index is 0.0838. The van der Waals surface area contributed by atoms with Crippen molar-refractivity contribution in [3.05, 3.63) is 33.5 Å². The third kappa shape index (κ3) is 8.13. The molecule has 0 spiro atoms. The lowest BCUT2D eigenvalue weighted by molar-refractivity contribution is -0.136. The third-order valence-corrected chi connectivity index (χ3v) is 8.52. The Morgan fingerprint density at radius 1 is 1.09 bits per heavy atom. The molecular formula is C26H37F3N4OS. The number of rotatable bonds is 10. The molecule has 1 saturated carbocycles. The van der Waals surface area contributed by atoms with E-state index in [4.69, 9.17) is 0 Å². The molecule has 0 bridgehead atoms. The normalized spacial score (nSPS) is 21.6. The van der Waals surface area contributed by atoms with Crippen LogP contribution in [0.15, 0.2) is 12.4 Å². The molecule has 2 aromatic heterocycles. The highest BCUT2D eigenvalue weighted by Gasteiger charge is 2.27. The summed E-state index contributed by atoms with van der Waals surface area (Å²) in [7, 11) is 0. The lowest BCUT2D eigenvalue weighted by Crippen LogP contribution is -2.30. The highest BCUT2D eigenvalue weighted by Crippen LogP contribution is 2.33. The summed E-state index contributed by atoms with van der Waals surface area (Å²) in [5.41, 5.74) is 2.31. The van der Waals surface area contributed by atoms with Gasteiger partial charge in [-0.3, -0.25) is 9.48 Å². The van der Waals surface area contributed by atoms with Crippen LogP contribution in [0, 0.1) is 18.8 Å². The fourth-order valence-electron chi connectivity index (χ4n) is 5.61. The first-order valence-corrected chi connectivity index (χ1v) is 13.8. The van der Waals surface area contributed by atoms with Gasteiger partial charge >= 0.3 is 6.18 Å². The third-order valence-electron chi connectivity index (χ3n) is 7.60. The van der Waals surface area contributed by atoms with Gasteiger partial charge in [0.15, 0.2) is 0 Å². The van der Waals surface area contributed by atoms with E-state index in [9.17, 15) is 18.0 Å². The highest BCUT2D eigenvalue weighted by molar-refractivity contribution is 7.11. The Balaban J connectivity index is 1.14. The molecule has 0 N–H and O–H groups in total. The monoisotopic (exact) mass is 510 g/mol. The molecule has 1 fully saturated rings. The average Bonchev–Trinajstić information content (AvgIpc) is 3.32. The van der Waals surface area contributed by atoms with Crippen LogP contribution in [0.25, 0.3) is 0 Å². The maximum absolute atomic E-state index is 12.5. The molecule has 0 saturated heterocycles. The first-order valence-electron chi connectivity index (χ1n) is 13.0. The number of halogens is 3. The maximum atomic E-state index is 12.5. The van der Waals surface area contributed by atoms with Crippen molar-refractivity contribution >= 4 is 17.1 Å². The van der Waals surface area contributed by atoms with E-state index < -0.39 is 12.6 Å². The molecule has 0 unspecified atom stereocenters. The SMILES string of the molecule is Cc1ncc(CC(=O)CC2CCC(CCN3CCc4cnn(CCCC(F)(F)F)c4CC3)CC2)s1. The molecule has 4 rings (SSSR count). The van der Waals surface area contributed by atoms with E-state index in [0.717, 1.165) is 66.8 Å². The van der Waals surface area contributed by atoms with Crippen molar-refractivity contribution < 1.29 is 18.0 Å². The molecule has 2 aromatic rings. The lowest BCUT2D eigenvalue weighted by atomic mass is 9.78. The number of Topliss-reactive ketones (excluding diaryl/α,β-unsaturated/α-hetero) is 1. The second kappa shape index (κ2) is 12.0. The number of hydrogen-bond acceptors (Lipinski definition) is 5. The fourth-order valence-corrected chi connectivity index (χ4v) is 6.44. The number of fused-ring (bicyclic) bond motifs is 1. The van der Waals surface area contributed by atoms with Crippen molar-refractivity contribution in [1.29, 1.82) is 0 Å². The predicted octanol–water partition coefficient (Wildman–Crippen LogP) is 5.79. The Bertz CT molecular complexity index is 962. The zero-order valence-electron chi connectivity index (χ0n) is 20.7. The summed E-state index contributed by atoms with van der Waals surface area (Å²) >= 11 is 1.62. The van der Waals surface area contributed by atoms with Crippen molar-refractivity contribution in [3.8, 4) is 0 Å². The van der Waals surface area contributed by atoms with Crippen LogP contribution in [0.3, 0.4) is 0 Å². The largest absolute Gasteiger partial charge is 0.389 e. The first kappa shape index (κ1) is 26.3. The average molecular weight is 511 g/mol. The smallest absolute Gasteiger partial charge is 0.303 e. The van der Waals surface area contributed by atoms with Gasteiger partial charge < -0.3 is 4.90 Å². The van der Waals surface area contributed by atoms with E-state index in [1.165, 1.54) is 24.8 Å². The molecule has 0 amide bonds. The Kier molecular flexibility index (Phi) is 9.02. The van der Waals surface area contributed by atoms with E-state index in [-0.39, 0.29) is 6.42 Å². The predicted molar refractivity (Wildman–Crippen MR) is 132 cm³/mol. The molecule has 1 aliphatic heterocycles. The minimum Gasteiger partial charge on any atom is -0.303 e. The summed E-state index contributed by atoms with van der Waals surface area (Å²) in [6.07, 6.45) is 7.83. The van der Waals surface area contributed by atoms with Gasteiger partial charge in [-0.05, 0) is 63.0 Å². The van der Waals surface area contributed by atoms with Crippen LogP contribution in [0.1, 0.15) is 72.5 Å². The van der Waals surface area contributed by atoms with Crippen molar-refractivity contribution in [2.45, 2.75) is 90.3 Å². The molecule has 1 aliphatic carbocycles. The van der Waals surface area contributed by atoms with Gasteiger partial charge in [0.2, 0.25) is 0 Å². The minimum atomic E-state index is -4.10. The van der Waals surface area contributed by atoms with Crippen molar-refractivity contribution in [2.24, 2.45) is 11.8 Å². The molecule has 5 nitrogen and oxygen atoms in total. The van der Waals surface area contributed by atoms with Crippen LogP contribution in [0.4, 0.5) is 13.2 Å². The quantitative estimate of drug-likeness (QED) is 0.406. The molecular weight excluding hydrogens is 473 g/mol. The van der Waals surface area contributed by atoms with Gasteiger partial charge in [0.25, 0.3) is 0 Å². The number of carbonyl (C=O) groups is 1. The summed E-state index contributed by atoms with van der Waals surface area (Å²) in [6, 6.07) is 0. The molecule has 3 heterocycles. The number of aryl methyl sites for hydroxylation is 2. The standard InChI is InChI=1S/C26H37F3N4OS/c1-19-30-18-24(35-19)16-23(34)15-21-5-3-20(4-6-21)7-12-32-13-8-22-17-31-33(25(22)9-14-32)11-2-10-26(27,28)29/h17-18,20-21H,2-16H2,1H3. The van der Waals surface area contributed by atoms with Gasteiger partial charge in [-0.1, -0.05) is 12.8 Å². The number of aromatic nitrogens is 3. The Labute approximate surface area is 210 Å². The summed E-state index contributed by atoms with van der Waals surface area (Å²) in [6.45, 7) is 5.32. The Morgan fingerprint density at radius 2 is 1.83 bits per heavy atom. The van der Waals surface area contributed by atoms with Gasteiger partial charge in [-0.15, -0.1) is 11.3 Å². The van der Waals surface area contributed by atoms with Crippen LogP contribution >= 0.6 is 11.3 Å². The summed E-state index contributed by atoms with van der Waals surface area (Å²) in [4.78, 5) is 20.3. The zero-order chi connectivity index (χ0) is 24.8. The van der Waals surface area contributed by atoms with Crippen LogP contribution in [-0.2, 0) is 30.6 Å². The molecule has 0 radical (unpaired) electrons. The summed E-state index contributed by atoms with van der Waals surface area (Å²) in [5.74, 6) is 1.60. The van der Waals surface area contributed by atoms with E-state index in [1.807, 2.05) is 19.3 Å². The molecule has 9 heteroatoms. The zero-order valence-corrected chi connectivity index (χ0v) is 21.5. The van der Waals surface area contributed by atoms with Crippen molar-refractivity contribution in [1.82, 2.24) is 19.7 Å². The summed E-state index contributed by atoms with van der Waals surface area (Å²) < 4.78 is 39.2. The number of alkyl halides is 3. The van der Waals surface area contributed by atoms with Crippen LogP contribution < -0.4 is 0 Å². The molecule has 194 valence electrons. The number of carbonyl (C=O) groups excluding carboxylic acids is 1. The van der Waals surface area contributed by atoms with E-state index >= 15 is 0 Å². The van der Waals surface area contributed by atoms with Gasteiger partial charge in [-0.2, -0.15) is 18.3 Å². The highest BCUT2D eigenvalue weighted by atomic mass is 32.1. The number of thiazole rings is 1. The summed E-state index contributed by atoms with van der Waals surface area (Å²) in [5, 5.41) is 5.38. The van der Waals surface area contributed by atoms with Crippen molar-refractivity contribution in [3.63, 3.8) is 0 Å². The van der Waals surface area contributed by atoms with Crippen molar-refractivity contribution in [2.75, 3.05) is 19.6 Å². The Hall–Kier alpha value is -1.74. The fraction of sp³-hybridized carbons (Fsp3) is 0.731. The molecule has 0 aromatic carbocycles. The number of hydrogen-bond donors (Lipinski definition) is 0. The van der Waals surface area contributed by atoms with E-state index in [2.05, 4.69) is 15.0 Å². The van der Waals surface area contributed by atoms with E-state index in [0.29, 0.717) is 31.1 Å². The van der Waals surface area contributed by atoms with Gasteiger partial charge in [0.1, 0.15) is 5.78 Å². The molecule has 35 heavy (non-hydrogen) atoms. The maximum Gasteiger partial charge on any atom is 0.389 e. The van der Waals surface area contributed by atoms with E-state index in [1.54, 1.807) is 16.0 Å². The van der Waals surface area contributed by atoms with Gasteiger partial charge in [0, 0.05) is 62.1 Å². The van der Waals surface area contributed by atoms with Crippen LogP contribution in [0.5, 0.6) is 0 Å². The molecule has 0 atom stereocenters.